The zero-order valence-corrected chi connectivity index (χ0v) is 31.4. The monoisotopic (exact) mass is 710 g/mol. The number of likely N-dealkylation sites (tertiary alicyclic amines) is 1. The molecule has 3 N–H and O–H groups in total. The van der Waals surface area contributed by atoms with Gasteiger partial charge < -0.3 is 34.8 Å². The number of piperazine rings is 1. The largest absolute Gasteiger partial charge is 0.444 e. The second-order valence-corrected chi connectivity index (χ2v) is 15.9. The van der Waals surface area contributed by atoms with Gasteiger partial charge in [0.1, 0.15) is 22.6 Å². The number of nitrogens with one attached hydrogen (secondary N) is 3. The van der Waals surface area contributed by atoms with Gasteiger partial charge in [-0.15, -0.1) is 0 Å². The van der Waals surface area contributed by atoms with Gasteiger partial charge in [-0.05, 0) is 92.5 Å². The van der Waals surface area contributed by atoms with Crippen LogP contribution in [0.2, 0.25) is 0 Å². The van der Waals surface area contributed by atoms with E-state index in [4.69, 9.17) is 9.47 Å². The Morgan fingerprint density at radius 3 is 2.00 bits per heavy atom. The SMILES string of the molecule is CC(Cc1ccc(-n2ccc(NC(=O)N3CCN(C(=O)C(C)(C)NC(=O)OC(C)(C)C)CC3)nc2=O)cc1)NCC1CN(C(=O)OC(C)(C)C)C1. The molecule has 15 nitrogen and oxygen atoms in total. The molecule has 1 aromatic heterocycles. The first kappa shape index (κ1) is 39.1. The van der Waals surface area contributed by atoms with E-state index in [1.807, 2.05) is 45.0 Å². The number of carbonyl (C=O) groups is 4. The maximum Gasteiger partial charge on any atom is 0.410 e. The fourth-order valence-electron chi connectivity index (χ4n) is 5.74. The minimum atomic E-state index is -1.19. The smallest absolute Gasteiger partial charge is 0.410 e. The molecule has 4 rings (SSSR count). The highest BCUT2D eigenvalue weighted by molar-refractivity contribution is 5.90. The molecular weight excluding hydrogens is 656 g/mol. The highest BCUT2D eigenvalue weighted by Crippen LogP contribution is 2.20. The summed E-state index contributed by atoms with van der Waals surface area (Å²) in [4.78, 5) is 72.3. The van der Waals surface area contributed by atoms with Gasteiger partial charge in [0, 0.05) is 64.0 Å². The van der Waals surface area contributed by atoms with Crippen LogP contribution in [0.25, 0.3) is 5.69 Å². The molecule has 3 heterocycles. The molecule has 0 spiro atoms. The fraction of sp³-hybridized carbons (Fsp3) is 0.611. The van der Waals surface area contributed by atoms with Crippen molar-refractivity contribution < 1.29 is 28.7 Å². The quantitative estimate of drug-likeness (QED) is 0.352. The van der Waals surface area contributed by atoms with Crippen molar-refractivity contribution in [2.45, 2.75) is 91.5 Å². The van der Waals surface area contributed by atoms with Gasteiger partial charge in [0.15, 0.2) is 0 Å². The predicted molar refractivity (Wildman–Crippen MR) is 193 cm³/mol. The number of anilines is 1. The van der Waals surface area contributed by atoms with Crippen molar-refractivity contribution in [1.82, 2.24) is 34.9 Å². The summed E-state index contributed by atoms with van der Waals surface area (Å²) >= 11 is 0. The van der Waals surface area contributed by atoms with Gasteiger partial charge in [0.25, 0.3) is 0 Å². The lowest BCUT2D eigenvalue weighted by molar-refractivity contribution is -0.138. The molecule has 5 amide bonds. The third-order valence-electron chi connectivity index (χ3n) is 8.36. The first-order valence-corrected chi connectivity index (χ1v) is 17.5. The molecule has 2 saturated heterocycles. The van der Waals surface area contributed by atoms with E-state index < -0.39 is 34.6 Å². The Bertz CT molecular complexity index is 1610. The van der Waals surface area contributed by atoms with Crippen LogP contribution >= 0.6 is 0 Å². The van der Waals surface area contributed by atoms with E-state index in [0.717, 1.165) is 18.5 Å². The molecular formula is C36H54N8O7. The highest BCUT2D eigenvalue weighted by atomic mass is 16.6. The normalized spacial score (nSPS) is 16.2. The van der Waals surface area contributed by atoms with Crippen molar-refractivity contribution in [3.8, 4) is 5.69 Å². The summed E-state index contributed by atoms with van der Waals surface area (Å²) in [5, 5.41) is 8.86. The number of hydrogen-bond acceptors (Lipinski definition) is 9. The molecule has 280 valence electrons. The van der Waals surface area contributed by atoms with Gasteiger partial charge >= 0.3 is 23.9 Å². The van der Waals surface area contributed by atoms with Crippen molar-refractivity contribution in [2.24, 2.45) is 5.92 Å². The van der Waals surface area contributed by atoms with Crippen molar-refractivity contribution in [1.29, 1.82) is 0 Å². The van der Waals surface area contributed by atoms with E-state index in [9.17, 15) is 24.0 Å². The van der Waals surface area contributed by atoms with Crippen LogP contribution < -0.4 is 21.6 Å². The number of alkyl carbamates (subject to hydrolysis) is 1. The lowest BCUT2D eigenvalue weighted by Gasteiger charge is -2.40. The zero-order chi connectivity index (χ0) is 37.7. The van der Waals surface area contributed by atoms with Crippen LogP contribution in [-0.4, -0.2) is 117 Å². The summed E-state index contributed by atoms with van der Waals surface area (Å²) in [6.07, 6.45) is 1.42. The molecule has 1 atom stereocenters. The van der Waals surface area contributed by atoms with E-state index in [2.05, 4.69) is 27.9 Å². The molecule has 0 radical (unpaired) electrons. The van der Waals surface area contributed by atoms with Gasteiger partial charge in [-0.1, -0.05) is 12.1 Å². The van der Waals surface area contributed by atoms with Crippen LogP contribution in [0.1, 0.15) is 67.9 Å². The van der Waals surface area contributed by atoms with Gasteiger partial charge in [0.2, 0.25) is 5.91 Å². The van der Waals surface area contributed by atoms with Crippen LogP contribution in [0.3, 0.4) is 0 Å². The van der Waals surface area contributed by atoms with E-state index in [-0.39, 0.29) is 50.0 Å². The molecule has 0 bridgehead atoms. The molecule has 1 aromatic carbocycles. The lowest BCUT2D eigenvalue weighted by Crippen LogP contribution is -2.60. The summed E-state index contributed by atoms with van der Waals surface area (Å²) in [6.45, 7) is 19.4. The Labute approximate surface area is 300 Å². The van der Waals surface area contributed by atoms with Crippen LogP contribution in [0.4, 0.5) is 20.2 Å². The van der Waals surface area contributed by atoms with Crippen LogP contribution in [0.5, 0.6) is 0 Å². The Morgan fingerprint density at radius 1 is 0.843 bits per heavy atom. The number of hydrogen-bond donors (Lipinski definition) is 3. The topological polar surface area (TPSA) is 167 Å². The van der Waals surface area contributed by atoms with E-state index >= 15 is 0 Å². The van der Waals surface area contributed by atoms with Gasteiger partial charge in [-0.25, -0.2) is 19.2 Å². The Balaban J connectivity index is 1.21. The Kier molecular flexibility index (Phi) is 12.0. The minimum Gasteiger partial charge on any atom is -0.444 e. The van der Waals surface area contributed by atoms with E-state index in [0.29, 0.717) is 24.7 Å². The molecule has 1 unspecified atom stereocenters. The Morgan fingerprint density at radius 2 is 1.43 bits per heavy atom. The summed E-state index contributed by atoms with van der Waals surface area (Å²) in [7, 11) is 0. The van der Waals surface area contributed by atoms with E-state index in [1.165, 1.54) is 4.57 Å². The summed E-state index contributed by atoms with van der Waals surface area (Å²) in [6, 6.07) is 9.02. The van der Waals surface area contributed by atoms with E-state index in [1.54, 1.807) is 61.6 Å². The number of aromatic nitrogens is 2. The third kappa shape index (κ3) is 11.4. The third-order valence-corrected chi connectivity index (χ3v) is 8.36. The number of carbonyl (C=O) groups excluding carboxylic acids is 4. The minimum absolute atomic E-state index is 0.125. The van der Waals surface area contributed by atoms with Crippen molar-refractivity contribution >= 4 is 29.9 Å². The Hall–Kier alpha value is -4.66. The van der Waals surface area contributed by atoms with Crippen molar-refractivity contribution in [2.75, 3.05) is 51.1 Å². The maximum absolute atomic E-state index is 13.1. The summed E-state index contributed by atoms with van der Waals surface area (Å²) in [5.74, 6) is 0.236. The van der Waals surface area contributed by atoms with Crippen LogP contribution in [0.15, 0.2) is 41.3 Å². The summed E-state index contributed by atoms with van der Waals surface area (Å²) in [5.41, 5.74) is -1.16. The highest BCUT2D eigenvalue weighted by Gasteiger charge is 2.37. The molecule has 15 heteroatoms. The number of urea groups is 1. The second kappa shape index (κ2) is 15.7. The number of rotatable bonds is 9. The molecule has 51 heavy (non-hydrogen) atoms. The number of benzene rings is 1. The van der Waals surface area contributed by atoms with Crippen LogP contribution in [0, 0.1) is 5.92 Å². The molecule has 0 saturated carbocycles. The van der Waals surface area contributed by atoms with Crippen molar-refractivity contribution in [3.63, 3.8) is 0 Å². The molecule has 2 aromatic rings. The maximum atomic E-state index is 13.1. The number of nitrogens with zero attached hydrogens (tertiary/aromatic N) is 5. The number of amides is 5. The molecule has 2 aliphatic heterocycles. The van der Waals surface area contributed by atoms with Gasteiger partial charge in [-0.2, -0.15) is 4.98 Å². The average Bonchev–Trinajstić information content (AvgIpc) is 2.98. The number of ether oxygens (including phenoxy) is 2. The first-order valence-electron chi connectivity index (χ1n) is 17.5. The standard InChI is InChI=1S/C36H54N8O7/c1-24(37-21-26-22-43(23-26)33(49)51-35(5,6)7)20-25-10-12-27(13-11-25)44-15-14-28(39-31(44)47)38-30(46)42-18-16-41(17-19-42)29(45)36(8,9)40-32(48)50-34(2,3)4/h10-15,24,26,37H,16-23H2,1-9H3,(H,40,48)(H,38,39,46,47). The average molecular weight is 711 g/mol. The zero-order valence-electron chi connectivity index (χ0n) is 31.4. The van der Waals surface area contributed by atoms with Gasteiger partial charge in [0.05, 0.1) is 5.69 Å². The second-order valence-electron chi connectivity index (χ2n) is 15.9. The lowest BCUT2D eigenvalue weighted by atomic mass is 9.99. The molecule has 0 aliphatic carbocycles. The molecule has 2 fully saturated rings. The van der Waals surface area contributed by atoms with Gasteiger partial charge in [-0.3, -0.25) is 14.7 Å². The van der Waals surface area contributed by atoms with Crippen molar-refractivity contribution in [3.05, 3.63) is 52.6 Å². The molecule has 2 aliphatic rings. The summed E-state index contributed by atoms with van der Waals surface area (Å²) < 4.78 is 12.1. The van der Waals surface area contributed by atoms with Crippen LogP contribution in [-0.2, 0) is 20.7 Å². The first-order chi connectivity index (χ1) is 23.7. The predicted octanol–water partition coefficient (Wildman–Crippen LogP) is 3.60. The fourth-order valence-corrected chi connectivity index (χ4v) is 5.74.